The lowest BCUT2D eigenvalue weighted by atomic mass is 10.2. The number of amides is 2. The Morgan fingerprint density at radius 1 is 1.17 bits per heavy atom. The molecule has 0 aliphatic carbocycles. The summed E-state index contributed by atoms with van der Waals surface area (Å²) in [7, 11) is 2.91. The number of hydrogen-bond donors (Lipinski definition) is 2. The van der Waals surface area contributed by atoms with Gasteiger partial charge in [0.2, 0.25) is 0 Å². The number of methoxy groups -OCH3 is 2. The molecular formula is C16H23N3O5. The maximum absolute atomic E-state index is 12.1. The summed E-state index contributed by atoms with van der Waals surface area (Å²) in [5.41, 5.74) is 1.46. The van der Waals surface area contributed by atoms with Crippen LogP contribution in [-0.4, -0.2) is 65.2 Å². The van der Waals surface area contributed by atoms with E-state index < -0.39 is 18.1 Å². The number of carbonyl (C=O) groups excluding carboxylic acids is 2. The lowest BCUT2D eigenvalue weighted by Gasteiger charge is -2.30. The minimum Gasteiger partial charge on any atom is -0.378 e. The molecule has 0 radical (unpaired) electrons. The van der Waals surface area contributed by atoms with Gasteiger partial charge in [-0.3, -0.25) is 9.59 Å². The van der Waals surface area contributed by atoms with Crippen LogP contribution in [0, 0.1) is 0 Å². The van der Waals surface area contributed by atoms with E-state index in [0.717, 1.165) is 18.8 Å². The molecule has 24 heavy (non-hydrogen) atoms. The zero-order chi connectivity index (χ0) is 17.4. The van der Waals surface area contributed by atoms with E-state index in [9.17, 15) is 9.59 Å². The van der Waals surface area contributed by atoms with Crippen molar-refractivity contribution in [3.05, 3.63) is 24.3 Å². The van der Waals surface area contributed by atoms with Crippen molar-refractivity contribution < 1.29 is 23.8 Å². The Balaban J connectivity index is 1.97. The molecule has 2 rings (SSSR count). The molecule has 0 aromatic heterocycles. The fourth-order valence-corrected chi connectivity index (χ4v) is 2.36. The summed E-state index contributed by atoms with van der Waals surface area (Å²) >= 11 is 0. The van der Waals surface area contributed by atoms with Gasteiger partial charge < -0.3 is 29.7 Å². The number of nitrogens with zero attached hydrogens (tertiary/aromatic N) is 1. The molecule has 1 fully saturated rings. The van der Waals surface area contributed by atoms with Crippen molar-refractivity contribution in [1.82, 2.24) is 5.32 Å². The number of benzene rings is 1. The van der Waals surface area contributed by atoms with Gasteiger partial charge >= 0.3 is 11.8 Å². The number of ether oxygens (including phenoxy) is 3. The van der Waals surface area contributed by atoms with Crippen LogP contribution in [0.15, 0.2) is 24.3 Å². The van der Waals surface area contributed by atoms with E-state index >= 15 is 0 Å². The van der Waals surface area contributed by atoms with Gasteiger partial charge in [-0.1, -0.05) is 12.1 Å². The number of para-hydroxylation sites is 2. The van der Waals surface area contributed by atoms with E-state index in [0.29, 0.717) is 18.9 Å². The summed E-state index contributed by atoms with van der Waals surface area (Å²) in [6, 6.07) is 7.37. The average Bonchev–Trinajstić information content (AvgIpc) is 2.63. The Morgan fingerprint density at radius 2 is 1.83 bits per heavy atom. The summed E-state index contributed by atoms with van der Waals surface area (Å²) < 4.78 is 15.3. The Morgan fingerprint density at radius 3 is 2.50 bits per heavy atom. The van der Waals surface area contributed by atoms with Crippen molar-refractivity contribution in [3.8, 4) is 0 Å². The van der Waals surface area contributed by atoms with E-state index in [4.69, 9.17) is 14.2 Å². The number of carbonyl (C=O) groups is 2. The molecular weight excluding hydrogens is 314 g/mol. The summed E-state index contributed by atoms with van der Waals surface area (Å²) in [6.45, 7) is 2.84. The van der Waals surface area contributed by atoms with Crippen LogP contribution in [-0.2, 0) is 23.8 Å². The molecule has 1 aromatic carbocycles. The highest BCUT2D eigenvalue weighted by atomic mass is 16.7. The summed E-state index contributed by atoms with van der Waals surface area (Å²) in [5, 5.41) is 5.12. The minimum atomic E-state index is -0.745. The number of hydrogen-bond acceptors (Lipinski definition) is 6. The van der Waals surface area contributed by atoms with Gasteiger partial charge in [-0.2, -0.15) is 0 Å². The molecule has 132 valence electrons. The number of morpholine rings is 1. The third-order valence-electron chi connectivity index (χ3n) is 3.67. The minimum absolute atomic E-state index is 0.0877. The van der Waals surface area contributed by atoms with Crippen LogP contribution in [0.2, 0.25) is 0 Å². The molecule has 0 spiro atoms. The maximum atomic E-state index is 12.1. The predicted molar refractivity (Wildman–Crippen MR) is 88.9 cm³/mol. The molecule has 1 saturated heterocycles. The number of nitrogens with one attached hydrogen (secondary N) is 2. The third-order valence-corrected chi connectivity index (χ3v) is 3.67. The zero-order valence-corrected chi connectivity index (χ0v) is 13.9. The Hall–Kier alpha value is -2.16. The van der Waals surface area contributed by atoms with Crippen LogP contribution < -0.4 is 15.5 Å². The second-order valence-corrected chi connectivity index (χ2v) is 5.18. The van der Waals surface area contributed by atoms with Crippen molar-refractivity contribution in [2.24, 2.45) is 0 Å². The molecule has 0 atom stereocenters. The third kappa shape index (κ3) is 4.92. The van der Waals surface area contributed by atoms with Crippen LogP contribution in [0.4, 0.5) is 11.4 Å². The van der Waals surface area contributed by atoms with Gasteiger partial charge in [0.15, 0.2) is 6.29 Å². The van der Waals surface area contributed by atoms with Gasteiger partial charge in [0.1, 0.15) is 0 Å². The fraction of sp³-hybridized carbons (Fsp3) is 0.500. The largest absolute Gasteiger partial charge is 0.378 e. The van der Waals surface area contributed by atoms with E-state index in [-0.39, 0.29) is 6.54 Å². The molecule has 1 aromatic rings. The van der Waals surface area contributed by atoms with E-state index in [2.05, 4.69) is 15.5 Å². The van der Waals surface area contributed by atoms with Crippen molar-refractivity contribution in [2.45, 2.75) is 6.29 Å². The summed E-state index contributed by atoms with van der Waals surface area (Å²) in [6.07, 6.45) is -0.595. The smallest absolute Gasteiger partial charge is 0.313 e. The van der Waals surface area contributed by atoms with Gasteiger partial charge in [-0.05, 0) is 12.1 Å². The lowest BCUT2D eigenvalue weighted by molar-refractivity contribution is -0.139. The SMILES string of the molecule is COC(CNC(=O)C(=O)Nc1ccccc1N1CCOCC1)OC. The highest BCUT2D eigenvalue weighted by molar-refractivity contribution is 6.39. The molecule has 0 saturated carbocycles. The first kappa shape index (κ1) is 18.2. The van der Waals surface area contributed by atoms with Gasteiger partial charge in [0.05, 0.1) is 31.1 Å². The number of anilines is 2. The van der Waals surface area contributed by atoms with Crippen LogP contribution >= 0.6 is 0 Å². The van der Waals surface area contributed by atoms with Gasteiger partial charge in [-0.25, -0.2) is 0 Å². The van der Waals surface area contributed by atoms with Crippen molar-refractivity contribution >= 4 is 23.2 Å². The standard InChI is InChI=1S/C16H23N3O5/c1-22-14(23-2)11-17-15(20)16(21)18-12-5-3-4-6-13(12)19-7-9-24-10-8-19/h3-6,14H,7-11H2,1-2H3,(H,17,20)(H,18,21). The average molecular weight is 337 g/mol. The molecule has 0 bridgehead atoms. The molecule has 8 nitrogen and oxygen atoms in total. The Bertz CT molecular complexity index is 556. The maximum Gasteiger partial charge on any atom is 0.313 e. The molecule has 1 aliphatic rings. The monoisotopic (exact) mass is 337 g/mol. The highest BCUT2D eigenvalue weighted by Gasteiger charge is 2.19. The van der Waals surface area contributed by atoms with Crippen LogP contribution in [0.3, 0.4) is 0 Å². The molecule has 2 N–H and O–H groups in total. The van der Waals surface area contributed by atoms with Crippen LogP contribution in [0.1, 0.15) is 0 Å². The Kier molecular flexibility index (Phi) is 6.98. The van der Waals surface area contributed by atoms with E-state index in [1.54, 1.807) is 6.07 Å². The fourth-order valence-electron chi connectivity index (χ4n) is 2.36. The second kappa shape index (κ2) is 9.21. The Labute approximate surface area is 141 Å². The van der Waals surface area contributed by atoms with Gasteiger partial charge in [0.25, 0.3) is 0 Å². The van der Waals surface area contributed by atoms with Crippen molar-refractivity contribution in [3.63, 3.8) is 0 Å². The molecule has 0 unspecified atom stereocenters. The topological polar surface area (TPSA) is 89.1 Å². The first-order valence-electron chi connectivity index (χ1n) is 7.72. The first-order chi connectivity index (χ1) is 11.7. The van der Waals surface area contributed by atoms with E-state index in [1.807, 2.05) is 18.2 Å². The quantitative estimate of drug-likeness (QED) is 0.569. The zero-order valence-electron chi connectivity index (χ0n) is 13.9. The molecule has 1 heterocycles. The van der Waals surface area contributed by atoms with Crippen molar-refractivity contribution in [2.75, 3.05) is 57.3 Å². The van der Waals surface area contributed by atoms with Crippen LogP contribution in [0.25, 0.3) is 0 Å². The molecule has 1 aliphatic heterocycles. The van der Waals surface area contributed by atoms with Crippen LogP contribution in [0.5, 0.6) is 0 Å². The number of rotatable bonds is 6. The van der Waals surface area contributed by atoms with E-state index in [1.165, 1.54) is 14.2 Å². The molecule has 2 amide bonds. The van der Waals surface area contributed by atoms with Gasteiger partial charge in [-0.15, -0.1) is 0 Å². The molecule has 8 heteroatoms. The summed E-state index contributed by atoms with van der Waals surface area (Å²) in [5.74, 6) is -1.48. The second-order valence-electron chi connectivity index (χ2n) is 5.18. The summed E-state index contributed by atoms with van der Waals surface area (Å²) in [4.78, 5) is 26.1. The van der Waals surface area contributed by atoms with Gasteiger partial charge in [0, 0.05) is 27.3 Å². The highest BCUT2D eigenvalue weighted by Crippen LogP contribution is 2.26. The predicted octanol–water partition coefficient (Wildman–Crippen LogP) is 0.197. The normalized spacial score (nSPS) is 14.5. The lowest BCUT2D eigenvalue weighted by Crippen LogP contribution is -2.41. The first-order valence-corrected chi connectivity index (χ1v) is 7.72. The van der Waals surface area contributed by atoms with Crippen molar-refractivity contribution in [1.29, 1.82) is 0 Å².